The van der Waals surface area contributed by atoms with Crippen LogP contribution in [0.3, 0.4) is 0 Å². The molecule has 2 aromatic heterocycles. The summed E-state index contributed by atoms with van der Waals surface area (Å²) in [6.45, 7) is 7.43. The van der Waals surface area contributed by atoms with Crippen LogP contribution in [0.2, 0.25) is 0 Å². The van der Waals surface area contributed by atoms with Crippen molar-refractivity contribution < 1.29 is 18.7 Å². The fourth-order valence-corrected chi connectivity index (χ4v) is 4.94. The van der Waals surface area contributed by atoms with E-state index in [-0.39, 0.29) is 23.8 Å². The third kappa shape index (κ3) is 5.24. The number of Topliss-reactive ketones (excluding diaryl/α,β-unsaturated/α-hetero) is 1. The number of aromatic nitrogens is 2. The minimum absolute atomic E-state index is 0.00100. The van der Waals surface area contributed by atoms with Crippen molar-refractivity contribution in [1.29, 1.82) is 0 Å². The van der Waals surface area contributed by atoms with Crippen molar-refractivity contribution in [2.24, 2.45) is 0 Å². The van der Waals surface area contributed by atoms with Crippen LogP contribution in [0.25, 0.3) is 10.2 Å². The molecule has 8 heteroatoms. The van der Waals surface area contributed by atoms with Crippen LogP contribution in [-0.4, -0.2) is 35.1 Å². The fraction of sp³-hybridized carbons (Fsp3) is 0.458. The molecule has 1 aliphatic rings. The number of benzene rings is 1. The molecule has 6 nitrogen and oxygen atoms in total. The van der Waals surface area contributed by atoms with Gasteiger partial charge in [0.1, 0.15) is 28.5 Å². The molecule has 0 aliphatic heterocycles. The number of nitrogens with one attached hydrogen (secondary N) is 1. The van der Waals surface area contributed by atoms with Crippen LogP contribution in [0.15, 0.2) is 24.5 Å². The van der Waals surface area contributed by atoms with E-state index >= 15 is 0 Å². The van der Waals surface area contributed by atoms with Gasteiger partial charge in [-0.15, -0.1) is 11.3 Å². The molecule has 0 saturated heterocycles. The van der Waals surface area contributed by atoms with Crippen LogP contribution in [0.1, 0.15) is 61.7 Å². The summed E-state index contributed by atoms with van der Waals surface area (Å²) in [5, 5.41) is 4.07. The summed E-state index contributed by atoms with van der Waals surface area (Å²) in [6, 6.07) is 4.43. The average molecular weight is 460 g/mol. The zero-order chi connectivity index (χ0) is 23.3. The maximum atomic E-state index is 14.0. The van der Waals surface area contributed by atoms with Crippen molar-refractivity contribution >= 4 is 38.8 Å². The lowest BCUT2D eigenvalue weighted by atomic mass is 9.95. The first kappa shape index (κ1) is 24.1. The molecule has 2 heterocycles. The SMILES string of the molecule is CC.COC1CCC(Oc2cc(F)ccc2Nc2ncnc3sc(C(C)=O)c(C)c23)CC1. The highest BCUT2D eigenvalue weighted by molar-refractivity contribution is 7.20. The number of methoxy groups -OCH3 is 1. The van der Waals surface area contributed by atoms with Gasteiger partial charge in [-0.25, -0.2) is 14.4 Å². The predicted molar refractivity (Wildman–Crippen MR) is 127 cm³/mol. The molecule has 0 spiro atoms. The number of hydrogen-bond acceptors (Lipinski definition) is 7. The van der Waals surface area contributed by atoms with Crippen molar-refractivity contribution in [1.82, 2.24) is 9.97 Å². The minimum atomic E-state index is -0.362. The first-order valence-corrected chi connectivity index (χ1v) is 11.8. The van der Waals surface area contributed by atoms with Crippen molar-refractivity contribution in [2.75, 3.05) is 12.4 Å². The maximum Gasteiger partial charge on any atom is 0.170 e. The molecule has 1 saturated carbocycles. The highest BCUT2D eigenvalue weighted by atomic mass is 32.1. The number of rotatable bonds is 6. The number of thiophene rings is 1. The molecule has 172 valence electrons. The second kappa shape index (κ2) is 10.8. The topological polar surface area (TPSA) is 73.3 Å². The molecule has 0 atom stereocenters. The molecule has 0 radical (unpaired) electrons. The molecule has 1 fully saturated rings. The molecule has 0 amide bonds. The van der Waals surface area contributed by atoms with Gasteiger partial charge in [0.05, 0.1) is 28.2 Å². The molecular weight excluding hydrogens is 429 g/mol. The summed E-state index contributed by atoms with van der Waals surface area (Å²) in [4.78, 5) is 22.0. The van der Waals surface area contributed by atoms with Crippen LogP contribution in [0, 0.1) is 12.7 Å². The van der Waals surface area contributed by atoms with Gasteiger partial charge in [0.25, 0.3) is 0 Å². The Bertz CT molecular complexity index is 1080. The molecular formula is C24H30FN3O3S. The van der Waals surface area contributed by atoms with Crippen molar-refractivity contribution in [3.8, 4) is 5.75 Å². The lowest BCUT2D eigenvalue weighted by Crippen LogP contribution is -2.27. The van der Waals surface area contributed by atoms with Gasteiger partial charge in [-0.2, -0.15) is 0 Å². The maximum absolute atomic E-state index is 14.0. The number of carbonyl (C=O) groups excluding carboxylic acids is 1. The quantitative estimate of drug-likeness (QED) is 0.427. The van der Waals surface area contributed by atoms with Crippen LogP contribution in [0.4, 0.5) is 15.9 Å². The van der Waals surface area contributed by atoms with Gasteiger partial charge >= 0.3 is 0 Å². The average Bonchev–Trinajstić information content (AvgIpc) is 3.15. The number of halogens is 1. The second-order valence-corrected chi connectivity index (χ2v) is 8.53. The zero-order valence-electron chi connectivity index (χ0n) is 19.2. The Labute approximate surface area is 192 Å². The van der Waals surface area contributed by atoms with Gasteiger partial charge in [-0.1, -0.05) is 13.8 Å². The van der Waals surface area contributed by atoms with Gasteiger partial charge in [-0.05, 0) is 57.2 Å². The van der Waals surface area contributed by atoms with Gasteiger partial charge in [0.15, 0.2) is 5.78 Å². The van der Waals surface area contributed by atoms with Crippen LogP contribution in [0.5, 0.6) is 5.75 Å². The van der Waals surface area contributed by atoms with Gasteiger partial charge < -0.3 is 14.8 Å². The number of ketones is 1. The molecule has 1 aliphatic carbocycles. The van der Waals surface area contributed by atoms with Crippen LogP contribution >= 0.6 is 11.3 Å². The van der Waals surface area contributed by atoms with E-state index in [9.17, 15) is 9.18 Å². The van der Waals surface area contributed by atoms with Crippen LogP contribution < -0.4 is 10.1 Å². The highest BCUT2D eigenvalue weighted by Crippen LogP contribution is 2.37. The number of hydrogen-bond donors (Lipinski definition) is 1. The summed E-state index contributed by atoms with van der Waals surface area (Å²) in [7, 11) is 1.73. The Kier molecular flexibility index (Phi) is 8.15. The predicted octanol–water partition coefficient (Wildman–Crippen LogP) is 6.45. The van der Waals surface area contributed by atoms with Crippen molar-refractivity contribution in [2.45, 2.75) is 65.6 Å². The van der Waals surface area contributed by atoms with Crippen molar-refractivity contribution in [3.05, 3.63) is 40.8 Å². The van der Waals surface area contributed by atoms with Gasteiger partial charge in [-0.3, -0.25) is 4.79 Å². The normalized spacial score (nSPS) is 18.1. The summed E-state index contributed by atoms with van der Waals surface area (Å²) in [6.07, 6.45) is 5.30. The second-order valence-electron chi connectivity index (χ2n) is 7.53. The minimum Gasteiger partial charge on any atom is -0.488 e. The first-order chi connectivity index (χ1) is 15.5. The zero-order valence-corrected chi connectivity index (χ0v) is 20.0. The van der Waals surface area contributed by atoms with E-state index in [4.69, 9.17) is 9.47 Å². The standard InChI is InChI=1S/C22H24FN3O3S.C2H6/c1-12-19-21(24-11-25-22(19)30-20(12)13(2)27)26-17-9-4-14(23)10-18(17)29-16-7-5-15(28-3)6-8-16;1-2/h4,9-11,15-16H,5-8H2,1-3H3,(H,24,25,26);1-2H3. The first-order valence-electron chi connectivity index (χ1n) is 11.0. The Morgan fingerprint density at radius 3 is 2.50 bits per heavy atom. The number of fused-ring (bicyclic) bond motifs is 1. The number of aryl methyl sites for hydroxylation is 1. The number of nitrogens with zero attached hydrogens (tertiary/aromatic N) is 2. The largest absolute Gasteiger partial charge is 0.488 e. The Hall–Kier alpha value is -2.58. The van der Waals surface area contributed by atoms with E-state index in [2.05, 4.69) is 15.3 Å². The van der Waals surface area contributed by atoms with Gasteiger partial charge in [0, 0.05) is 13.2 Å². The fourth-order valence-electron chi connectivity index (χ4n) is 3.89. The van der Waals surface area contributed by atoms with E-state index < -0.39 is 0 Å². The lowest BCUT2D eigenvalue weighted by Gasteiger charge is -2.28. The molecule has 1 aromatic carbocycles. The Morgan fingerprint density at radius 2 is 1.84 bits per heavy atom. The number of ether oxygens (including phenoxy) is 2. The molecule has 0 bridgehead atoms. The van der Waals surface area contributed by atoms with E-state index in [1.165, 1.54) is 29.8 Å². The monoisotopic (exact) mass is 459 g/mol. The molecule has 1 N–H and O–H groups in total. The molecule has 0 unspecified atom stereocenters. The summed E-state index contributed by atoms with van der Waals surface area (Å²) in [5.74, 6) is 0.654. The molecule has 3 aromatic rings. The lowest BCUT2D eigenvalue weighted by molar-refractivity contribution is 0.0329. The van der Waals surface area contributed by atoms with Crippen molar-refractivity contribution in [3.63, 3.8) is 0 Å². The highest BCUT2D eigenvalue weighted by Gasteiger charge is 2.24. The summed E-state index contributed by atoms with van der Waals surface area (Å²) in [5.41, 5.74) is 1.47. The van der Waals surface area contributed by atoms with Crippen LogP contribution in [-0.2, 0) is 4.74 Å². The number of anilines is 2. The van der Waals surface area contributed by atoms with E-state index in [0.29, 0.717) is 22.1 Å². The van der Waals surface area contributed by atoms with E-state index in [1.54, 1.807) is 20.1 Å². The van der Waals surface area contributed by atoms with E-state index in [1.807, 2.05) is 20.8 Å². The summed E-state index contributed by atoms with van der Waals surface area (Å²) < 4.78 is 25.6. The Morgan fingerprint density at radius 1 is 1.16 bits per heavy atom. The third-order valence-electron chi connectivity index (χ3n) is 5.49. The Balaban J connectivity index is 0.00000141. The van der Waals surface area contributed by atoms with E-state index in [0.717, 1.165) is 41.5 Å². The third-order valence-corrected chi connectivity index (χ3v) is 6.79. The molecule has 32 heavy (non-hydrogen) atoms. The smallest absolute Gasteiger partial charge is 0.170 e. The number of carbonyl (C=O) groups is 1. The molecule has 4 rings (SSSR count). The van der Waals surface area contributed by atoms with Gasteiger partial charge in [0.2, 0.25) is 0 Å². The summed E-state index contributed by atoms with van der Waals surface area (Å²) >= 11 is 1.35.